The lowest BCUT2D eigenvalue weighted by molar-refractivity contribution is 0.0912. The molecule has 27 heavy (non-hydrogen) atoms. The van der Waals surface area contributed by atoms with Crippen LogP contribution < -0.4 is 5.32 Å². The molecular weight excluding hydrogens is 346 g/mol. The van der Waals surface area contributed by atoms with E-state index in [1.807, 2.05) is 27.7 Å². The first kappa shape index (κ1) is 18.2. The molecule has 4 rings (SSSR count). The van der Waals surface area contributed by atoms with Crippen LogP contribution in [-0.2, 0) is 5.41 Å². The Balaban J connectivity index is 1.45. The van der Waals surface area contributed by atoms with Crippen LogP contribution in [0.25, 0.3) is 0 Å². The first-order valence-corrected chi connectivity index (χ1v) is 9.58. The number of oxazole rings is 1. The van der Waals surface area contributed by atoms with E-state index in [9.17, 15) is 4.79 Å². The number of hydrogen-bond donors (Lipinski definition) is 1. The molecule has 2 fully saturated rings. The maximum atomic E-state index is 12.7. The molecule has 1 amide bonds. The second kappa shape index (κ2) is 6.44. The molecule has 0 radical (unpaired) electrons. The number of hydrogen-bond acceptors (Lipinski definition) is 7. The quantitative estimate of drug-likeness (QED) is 0.880. The molecule has 4 heterocycles. The summed E-state index contributed by atoms with van der Waals surface area (Å²) >= 11 is 0. The number of amides is 1. The molecule has 0 aromatic carbocycles. The maximum Gasteiger partial charge on any atom is 0.273 e. The van der Waals surface area contributed by atoms with Gasteiger partial charge < -0.3 is 14.3 Å². The van der Waals surface area contributed by atoms with Gasteiger partial charge in [0.1, 0.15) is 6.26 Å². The molecule has 0 saturated carbocycles. The van der Waals surface area contributed by atoms with Gasteiger partial charge in [-0.2, -0.15) is 4.98 Å². The van der Waals surface area contributed by atoms with Gasteiger partial charge in [0.25, 0.3) is 5.91 Å². The average Bonchev–Trinajstić information content (AvgIpc) is 3.36. The molecule has 1 N–H and O–H groups in total. The summed E-state index contributed by atoms with van der Waals surface area (Å²) in [6.45, 7) is 9.94. The Morgan fingerprint density at radius 2 is 2.11 bits per heavy atom. The molecule has 2 aliphatic heterocycles. The van der Waals surface area contributed by atoms with Crippen molar-refractivity contribution in [2.24, 2.45) is 0 Å². The fourth-order valence-corrected chi connectivity index (χ4v) is 4.36. The van der Waals surface area contributed by atoms with E-state index >= 15 is 0 Å². The summed E-state index contributed by atoms with van der Waals surface area (Å²) in [5.41, 5.74) is 0.120. The van der Waals surface area contributed by atoms with Gasteiger partial charge in [-0.25, -0.2) is 4.98 Å². The summed E-state index contributed by atoms with van der Waals surface area (Å²) in [4.78, 5) is 23.8. The highest BCUT2D eigenvalue weighted by Crippen LogP contribution is 2.43. The Morgan fingerprint density at radius 1 is 1.33 bits per heavy atom. The third-order valence-electron chi connectivity index (χ3n) is 5.63. The van der Waals surface area contributed by atoms with Crippen LogP contribution in [0, 0.1) is 6.92 Å². The van der Waals surface area contributed by atoms with Crippen LogP contribution in [-0.4, -0.2) is 44.1 Å². The van der Waals surface area contributed by atoms with Crippen molar-refractivity contribution in [3.63, 3.8) is 0 Å². The first-order valence-electron chi connectivity index (χ1n) is 9.58. The number of carbonyl (C=O) groups excluding carboxylic acids is 1. The zero-order valence-corrected chi connectivity index (χ0v) is 16.5. The highest BCUT2D eigenvalue weighted by molar-refractivity contribution is 5.92. The smallest absolute Gasteiger partial charge is 0.273 e. The van der Waals surface area contributed by atoms with Gasteiger partial charge in [0.15, 0.2) is 17.4 Å². The van der Waals surface area contributed by atoms with Crippen molar-refractivity contribution in [2.45, 2.75) is 83.5 Å². The topological polar surface area (TPSA) is 97.3 Å². The Morgan fingerprint density at radius 3 is 2.74 bits per heavy atom. The van der Waals surface area contributed by atoms with Gasteiger partial charge in [0.05, 0.1) is 6.04 Å². The lowest BCUT2D eigenvalue weighted by Crippen LogP contribution is -2.44. The van der Waals surface area contributed by atoms with E-state index in [4.69, 9.17) is 8.94 Å². The number of nitrogens with one attached hydrogen (secondary N) is 1. The molecular formula is C19H27N5O3. The minimum atomic E-state index is -0.223. The van der Waals surface area contributed by atoms with Crippen molar-refractivity contribution >= 4 is 5.91 Å². The van der Waals surface area contributed by atoms with E-state index in [2.05, 4.69) is 32.3 Å². The minimum absolute atomic E-state index is 0.0464. The summed E-state index contributed by atoms with van der Waals surface area (Å²) in [6.07, 6.45) is 4.56. The monoisotopic (exact) mass is 373 g/mol. The van der Waals surface area contributed by atoms with Crippen molar-refractivity contribution in [3.8, 4) is 0 Å². The predicted molar refractivity (Wildman–Crippen MR) is 97.2 cm³/mol. The van der Waals surface area contributed by atoms with E-state index in [1.54, 1.807) is 0 Å². The fraction of sp³-hybridized carbons (Fsp3) is 0.684. The van der Waals surface area contributed by atoms with E-state index in [-0.39, 0.29) is 29.4 Å². The van der Waals surface area contributed by atoms with E-state index < -0.39 is 0 Å². The summed E-state index contributed by atoms with van der Waals surface area (Å²) in [5, 5.41) is 7.07. The van der Waals surface area contributed by atoms with E-state index in [0.29, 0.717) is 29.3 Å². The van der Waals surface area contributed by atoms with Crippen LogP contribution in [0.3, 0.4) is 0 Å². The molecule has 2 aromatic rings. The van der Waals surface area contributed by atoms with Gasteiger partial charge >= 0.3 is 0 Å². The number of aryl methyl sites for hydroxylation is 1. The Hall–Kier alpha value is -2.22. The van der Waals surface area contributed by atoms with E-state index in [0.717, 1.165) is 19.3 Å². The summed E-state index contributed by atoms with van der Waals surface area (Å²) in [5.74, 6) is 1.69. The van der Waals surface area contributed by atoms with Crippen LogP contribution in [0.1, 0.15) is 81.1 Å². The largest absolute Gasteiger partial charge is 0.448 e. The van der Waals surface area contributed by atoms with Crippen LogP contribution >= 0.6 is 0 Å². The minimum Gasteiger partial charge on any atom is -0.448 e. The standard InChI is InChI=1S/C19H27N5O3/c1-10(17-20-11(2)23-27-17)24-12-6-7-15(24)13(8-12)21-16(25)14-9-26-18(22-14)19(3,4)5/h9-10,12-13,15H,6-8H2,1-5H3,(H,21,25)/t10-,12-,13-,15+/m1/s1. The SMILES string of the molecule is Cc1noc([C@@H](C)N2[C@@H]3CC[C@H]2[C@H](NC(=O)c2coc(C(C)(C)C)n2)C3)n1. The Kier molecular flexibility index (Phi) is 4.33. The third kappa shape index (κ3) is 3.26. The van der Waals surface area contributed by atoms with Crippen LogP contribution in [0.5, 0.6) is 0 Å². The number of fused-ring (bicyclic) bond motifs is 2. The van der Waals surface area contributed by atoms with Crippen molar-refractivity contribution in [3.05, 3.63) is 29.6 Å². The van der Waals surface area contributed by atoms with Gasteiger partial charge in [-0.3, -0.25) is 9.69 Å². The molecule has 8 nitrogen and oxygen atoms in total. The first-order chi connectivity index (χ1) is 12.7. The third-order valence-corrected chi connectivity index (χ3v) is 5.63. The van der Waals surface area contributed by atoms with Crippen molar-refractivity contribution in [1.82, 2.24) is 25.3 Å². The summed E-state index contributed by atoms with van der Waals surface area (Å²) in [6, 6.07) is 0.836. The van der Waals surface area contributed by atoms with Gasteiger partial charge in [-0.1, -0.05) is 25.9 Å². The number of rotatable bonds is 4. The average molecular weight is 373 g/mol. The van der Waals surface area contributed by atoms with Gasteiger partial charge in [0.2, 0.25) is 5.89 Å². The van der Waals surface area contributed by atoms with Crippen molar-refractivity contribution in [2.75, 3.05) is 0 Å². The maximum absolute atomic E-state index is 12.7. The molecule has 2 bridgehead atoms. The second-order valence-electron chi connectivity index (χ2n) is 8.71. The molecule has 0 unspecified atom stereocenters. The van der Waals surface area contributed by atoms with Gasteiger partial charge in [0, 0.05) is 23.5 Å². The Labute approximate surface area is 158 Å². The van der Waals surface area contributed by atoms with Crippen LogP contribution in [0.15, 0.2) is 15.2 Å². The molecule has 4 atom stereocenters. The molecule has 8 heteroatoms. The van der Waals surface area contributed by atoms with Crippen LogP contribution in [0.4, 0.5) is 0 Å². The second-order valence-corrected chi connectivity index (χ2v) is 8.71. The lowest BCUT2D eigenvalue weighted by Gasteiger charge is -2.28. The molecule has 2 aromatic heterocycles. The highest BCUT2D eigenvalue weighted by Gasteiger charge is 2.49. The lowest BCUT2D eigenvalue weighted by atomic mass is 9.95. The highest BCUT2D eigenvalue weighted by atomic mass is 16.5. The van der Waals surface area contributed by atoms with Crippen molar-refractivity contribution < 1.29 is 13.7 Å². The molecule has 0 aliphatic carbocycles. The predicted octanol–water partition coefficient (Wildman–Crippen LogP) is 2.76. The molecule has 146 valence electrons. The summed E-state index contributed by atoms with van der Waals surface area (Å²) in [7, 11) is 0. The normalized spacial score (nSPS) is 26.5. The number of nitrogens with zero attached hydrogens (tertiary/aromatic N) is 4. The van der Waals surface area contributed by atoms with Gasteiger partial charge in [-0.05, 0) is 33.1 Å². The van der Waals surface area contributed by atoms with Gasteiger partial charge in [-0.15, -0.1) is 0 Å². The number of aromatic nitrogens is 3. The zero-order chi connectivity index (χ0) is 19.3. The van der Waals surface area contributed by atoms with E-state index in [1.165, 1.54) is 6.26 Å². The van der Waals surface area contributed by atoms with Crippen LogP contribution in [0.2, 0.25) is 0 Å². The molecule has 2 saturated heterocycles. The number of carbonyl (C=O) groups is 1. The zero-order valence-electron chi connectivity index (χ0n) is 16.5. The molecule has 0 spiro atoms. The molecule has 2 aliphatic rings. The van der Waals surface area contributed by atoms with Crippen molar-refractivity contribution in [1.29, 1.82) is 0 Å². The fourth-order valence-electron chi connectivity index (χ4n) is 4.36. The summed E-state index contributed by atoms with van der Waals surface area (Å²) < 4.78 is 10.9. The Bertz CT molecular complexity index is 837.